The van der Waals surface area contributed by atoms with Crippen LogP contribution in [0.3, 0.4) is 0 Å². The second kappa shape index (κ2) is 9.20. The van der Waals surface area contributed by atoms with E-state index in [0.29, 0.717) is 27.1 Å². The lowest BCUT2D eigenvalue weighted by Gasteiger charge is -2.13. The Morgan fingerprint density at radius 1 is 1.03 bits per heavy atom. The number of ether oxygens (including phenoxy) is 1. The molecule has 0 fully saturated rings. The second-order valence-electron chi connectivity index (χ2n) is 6.32. The second-order valence-corrected chi connectivity index (χ2v) is 7.32. The van der Waals surface area contributed by atoms with Crippen LogP contribution < -0.4 is 20.7 Å². The van der Waals surface area contributed by atoms with Gasteiger partial charge >= 0.3 is 6.03 Å². The normalized spacial score (nSPS) is 11.4. The molecule has 0 radical (unpaired) electrons. The van der Waals surface area contributed by atoms with E-state index in [0.717, 1.165) is 16.9 Å². The number of benzene rings is 2. The summed E-state index contributed by atoms with van der Waals surface area (Å²) in [5.41, 5.74) is 2.10. The largest absolute Gasteiger partial charge is 0.495 e. The van der Waals surface area contributed by atoms with Crippen molar-refractivity contribution in [3.05, 3.63) is 70.7 Å². The van der Waals surface area contributed by atoms with Gasteiger partial charge in [0.05, 0.1) is 24.5 Å². The summed E-state index contributed by atoms with van der Waals surface area (Å²) in [5, 5.41) is 8.68. The summed E-state index contributed by atoms with van der Waals surface area (Å²) in [7, 11) is 1.53. The zero-order chi connectivity index (χ0) is 20.8. The van der Waals surface area contributed by atoms with E-state index in [2.05, 4.69) is 20.9 Å². The quantitative estimate of drug-likeness (QED) is 0.554. The summed E-state index contributed by atoms with van der Waals surface area (Å²) in [5.74, 6) is 0.322. The van der Waals surface area contributed by atoms with E-state index in [9.17, 15) is 9.59 Å². The zero-order valence-electron chi connectivity index (χ0n) is 16.4. The van der Waals surface area contributed by atoms with Crippen molar-refractivity contribution in [2.45, 2.75) is 19.9 Å². The molecule has 3 amide bonds. The average Bonchev–Trinajstić information content (AvgIpc) is 3.09. The number of nitrogens with zero attached hydrogens (tertiary/aromatic N) is 1. The van der Waals surface area contributed by atoms with E-state index in [4.69, 9.17) is 4.74 Å². The van der Waals surface area contributed by atoms with Gasteiger partial charge in [-0.1, -0.05) is 53.8 Å². The first-order chi connectivity index (χ1) is 14.0. The smallest absolute Gasteiger partial charge is 0.325 e. The van der Waals surface area contributed by atoms with Crippen LogP contribution in [0, 0.1) is 6.92 Å². The highest BCUT2D eigenvalue weighted by Gasteiger charge is 2.19. The third-order valence-corrected chi connectivity index (χ3v) is 5.30. The maximum absolute atomic E-state index is 12.6. The number of aromatic nitrogens is 1. The van der Waals surface area contributed by atoms with Crippen molar-refractivity contribution in [3.8, 4) is 5.75 Å². The molecule has 0 aliphatic heterocycles. The number of rotatable bonds is 6. The molecule has 29 heavy (non-hydrogen) atoms. The number of carbonyl (C=O) groups is 2. The molecule has 150 valence electrons. The molecule has 0 aliphatic rings. The van der Waals surface area contributed by atoms with Crippen LogP contribution in [0.25, 0.3) is 0 Å². The number of hydrogen-bond acceptors (Lipinski definition) is 5. The minimum atomic E-state index is -0.465. The molecule has 0 spiro atoms. The lowest BCUT2D eigenvalue weighted by Crippen LogP contribution is -2.26. The highest BCUT2D eigenvalue weighted by molar-refractivity contribution is 7.17. The van der Waals surface area contributed by atoms with Crippen molar-refractivity contribution >= 4 is 34.1 Å². The monoisotopic (exact) mass is 410 g/mol. The molecule has 0 aliphatic carbocycles. The number of methoxy groups -OCH3 is 1. The summed E-state index contributed by atoms with van der Waals surface area (Å²) >= 11 is 1.13. The van der Waals surface area contributed by atoms with E-state index in [1.54, 1.807) is 25.1 Å². The number of anilines is 2. The molecule has 3 N–H and O–H groups in total. The topological polar surface area (TPSA) is 92.3 Å². The third-order valence-electron chi connectivity index (χ3n) is 4.23. The van der Waals surface area contributed by atoms with Gasteiger partial charge < -0.3 is 15.4 Å². The summed E-state index contributed by atoms with van der Waals surface area (Å²) in [6, 6.07) is 16.2. The summed E-state index contributed by atoms with van der Waals surface area (Å²) in [4.78, 5) is 29.7. The Balaban J connectivity index is 1.65. The molecule has 3 aromatic rings. The Morgan fingerprint density at radius 3 is 2.45 bits per heavy atom. The van der Waals surface area contributed by atoms with Crippen LogP contribution in [0.2, 0.25) is 0 Å². The number of urea groups is 1. The van der Waals surface area contributed by atoms with Crippen molar-refractivity contribution in [2.24, 2.45) is 0 Å². The first-order valence-electron chi connectivity index (χ1n) is 9.02. The molecular formula is C21H22N4O3S. The first-order valence-corrected chi connectivity index (χ1v) is 9.84. The van der Waals surface area contributed by atoms with Gasteiger partial charge in [0.15, 0.2) is 5.13 Å². The predicted octanol–water partition coefficient (Wildman–Crippen LogP) is 4.60. The van der Waals surface area contributed by atoms with Crippen LogP contribution in [0.15, 0.2) is 54.6 Å². The number of hydrogen-bond donors (Lipinski definition) is 3. The maximum atomic E-state index is 12.6. The van der Waals surface area contributed by atoms with Gasteiger partial charge in [-0.3, -0.25) is 10.1 Å². The Morgan fingerprint density at radius 2 is 1.72 bits per heavy atom. The Hall–Kier alpha value is -3.39. The number of para-hydroxylation sites is 2. The third kappa shape index (κ3) is 5.11. The standard InChI is InChI=1S/C21H22N4O3S/c1-13(15-9-5-4-6-10-15)22-19(26)18-14(2)23-21(29-18)25-20(27)24-16-11-7-8-12-17(16)28-3/h4-13H,1-3H3,(H,22,26)(H2,23,24,25,27). The molecular weight excluding hydrogens is 388 g/mol. The molecule has 8 heteroatoms. The Kier molecular flexibility index (Phi) is 6.46. The van der Waals surface area contributed by atoms with E-state index >= 15 is 0 Å². The molecule has 3 rings (SSSR count). The zero-order valence-corrected chi connectivity index (χ0v) is 17.2. The van der Waals surface area contributed by atoms with Gasteiger partial charge in [0, 0.05) is 0 Å². The highest BCUT2D eigenvalue weighted by Crippen LogP contribution is 2.26. The van der Waals surface area contributed by atoms with Gasteiger partial charge in [0.1, 0.15) is 10.6 Å². The van der Waals surface area contributed by atoms with Gasteiger partial charge in [-0.2, -0.15) is 0 Å². The van der Waals surface area contributed by atoms with E-state index < -0.39 is 6.03 Å². The molecule has 0 bridgehead atoms. The molecule has 2 aromatic carbocycles. The number of thiazole rings is 1. The van der Waals surface area contributed by atoms with Crippen LogP contribution in [0.4, 0.5) is 15.6 Å². The lowest BCUT2D eigenvalue weighted by atomic mass is 10.1. The number of nitrogens with one attached hydrogen (secondary N) is 3. The van der Waals surface area contributed by atoms with Crippen LogP contribution in [-0.2, 0) is 0 Å². The van der Waals surface area contributed by atoms with Crippen molar-refractivity contribution < 1.29 is 14.3 Å². The average molecular weight is 410 g/mol. The summed E-state index contributed by atoms with van der Waals surface area (Å²) in [6.07, 6.45) is 0. The molecule has 1 atom stereocenters. The molecule has 0 saturated carbocycles. The van der Waals surface area contributed by atoms with Crippen LogP contribution in [-0.4, -0.2) is 24.0 Å². The van der Waals surface area contributed by atoms with Crippen molar-refractivity contribution in [3.63, 3.8) is 0 Å². The molecule has 1 unspecified atom stereocenters. The first kappa shape index (κ1) is 20.3. The van der Waals surface area contributed by atoms with Crippen molar-refractivity contribution in [1.82, 2.24) is 10.3 Å². The van der Waals surface area contributed by atoms with E-state index in [-0.39, 0.29) is 11.9 Å². The van der Waals surface area contributed by atoms with Gasteiger partial charge in [0.2, 0.25) is 0 Å². The highest BCUT2D eigenvalue weighted by atomic mass is 32.1. The van der Waals surface area contributed by atoms with Gasteiger partial charge in [0.25, 0.3) is 5.91 Å². The SMILES string of the molecule is COc1ccccc1NC(=O)Nc1nc(C)c(C(=O)NC(C)c2ccccc2)s1. The predicted molar refractivity (Wildman–Crippen MR) is 115 cm³/mol. The lowest BCUT2D eigenvalue weighted by molar-refractivity contribution is 0.0943. The van der Waals surface area contributed by atoms with Gasteiger partial charge in [-0.25, -0.2) is 9.78 Å². The maximum Gasteiger partial charge on any atom is 0.325 e. The fraction of sp³-hybridized carbons (Fsp3) is 0.190. The molecule has 7 nitrogen and oxygen atoms in total. The minimum Gasteiger partial charge on any atom is -0.495 e. The fourth-order valence-electron chi connectivity index (χ4n) is 2.75. The number of aryl methyl sites for hydroxylation is 1. The number of amides is 3. The van der Waals surface area contributed by atoms with Gasteiger partial charge in [-0.05, 0) is 31.5 Å². The molecule has 1 heterocycles. The molecule has 0 saturated heterocycles. The van der Waals surface area contributed by atoms with E-state index in [1.165, 1.54) is 7.11 Å². The summed E-state index contributed by atoms with van der Waals surface area (Å²) in [6.45, 7) is 3.66. The van der Waals surface area contributed by atoms with E-state index in [1.807, 2.05) is 43.3 Å². The fourth-order valence-corrected chi connectivity index (χ4v) is 3.61. The van der Waals surface area contributed by atoms with Crippen molar-refractivity contribution in [2.75, 3.05) is 17.7 Å². The van der Waals surface area contributed by atoms with Gasteiger partial charge in [-0.15, -0.1) is 0 Å². The van der Waals surface area contributed by atoms with Crippen molar-refractivity contribution in [1.29, 1.82) is 0 Å². The Labute approximate surface area is 173 Å². The van der Waals surface area contributed by atoms with Crippen LogP contribution in [0.1, 0.15) is 33.9 Å². The molecule has 1 aromatic heterocycles. The number of carbonyl (C=O) groups excluding carboxylic acids is 2. The minimum absolute atomic E-state index is 0.143. The van der Waals surface area contributed by atoms with Crippen LogP contribution >= 0.6 is 11.3 Å². The Bertz CT molecular complexity index is 1000. The summed E-state index contributed by atoms with van der Waals surface area (Å²) < 4.78 is 5.22. The van der Waals surface area contributed by atoms with Crippen LogP contribution in [0.5, 0.6) is 5.75 Å².